The average Bonchev–Trinajstić information content (AvgIpc) is 2.98. The Hall–Kier alpha value is -4.34. The first-order valence-corrected chi connectivity index (χ1v) is 13.6. The summed E-state index contributed by atoms with van der Waals surface area (Å²) in [5, 5.41) is 4.51. The lowest BCUT2D eigenvalue weighted by Crippen LogP contribution is -2.44. The Labute approximate surface area is 237 Å². The van der Waals surface area contributed by atoms with Crippen LogP contribution in [0, 0.1) is 0 Å². The van der Waals surface area contributed by atoms with Gasteiger partial charge < -0.3 is 15.1 Å². The standard InChI is InChI=1S/C30H29ClN8O/c1-3-39-28-21(14-26(29(39)40)25-9-4-20(15-27(25)31)22-16-32-19-33-17-22)18-34-30(36-28)35-23-5-7-24(8-6-23)38-12-10-37(2)11-13-38/h4-9,14-19H,3,10-13H2,1-2H3,(H,34,35,36). The third kappa shape index (κ3) is 5.13. The van der Waals surface area contributed by atoms with Crippen molar-refractivity contribution in [1.29, 1.82) is 0 Å². The highest BCUT2D eigenvalue weighted by Crippen LogP contribution is 2.32. The van der Waals surface area contributed by atoms with Gasteiger partial charge in [0.25, 0.3) is 5.56 Å². The first kappa shape index (κ1) is 25.9. The molecular weight excluding hydrogens is 524 g/mol. The van der Waals surface area contributed by atoms with Crippen LogP contribution in [0.5, 0.6) is 0 Å². The van der Waals surface area contributed by atoms with E-state index < -0.39 is 0 Å². The minimum Gasteiger partial charge on any atom is -0.369 e. The molecule has 0 unspecified atom stereocenters. The lowest BCUT2D eigenvalue weighted by Gasteiger charge is -2.34. The molecule has 1 aliphatic heterocycles. The SMILES string of the molecule is CCn1c(=O)c(-c2ccc(-c3cncnc3)cc2Cl)cc2cnc(Nc3ccc(N4CCN(C)CC4)cc3)nc21. The van der Waals surface area contributed by atoms with Gasteiger partial charge >= 0.3 is 0 Å². The Kier molecular flexibility index (Phi) is 7.15. The van der Waals surface area contributed by atoms with Crippen molar-refractivity contribution in [3.63, 3.8) is 0 Å². The number of nitrogens with zero attached hydrogens (tertiary/aromatic N) is 7. The Morgan fingerprint density at radius 1 is 0.900 bits per heavy atom. The molecule has 0 atom stereocenters. The summed E-state index contributed by atoms with van der Waals surface area (Å²) < 4.78 is 1.66. The van der Waals surface area contributed by atoms with Crippen molar-refractivity contribution in [3.05, 3.63) is 88.8 Å². The molecule has 202 valence electrons. The van der Waals surface area contributed by atoms with Crippen molar-refractivity contribution in [2.45, 2.75) is 13.5 Å². The number of pyridine rings is 1. The average molecular weight is 553 g/mol. The number of nitrogens with one attached hydrogen (secondary N) is 1. The molecule has 0 saturated carbocycles. The second-order valence-electron chi connectivity index (χ2n) is 9.86. The molecule has 10 heteroatoms. The van der Waals surface area contributed by atoms with Crippen molar-refractivity contribution in [2.24, 2.45) is 0 Å². The van der Waals surface area contributed by atoms with E-state index in [0.29, 0.717) is 34.3 Å². The van der Waals surface area contributed by atoms with Gasteiger partial charge in [0.05, 0.1) is 0 Å². The third-order valence-corrected chi connectivity index (χ3v) is 7.60. The number of likely N-dealkylation sites (N-methyl/N-ethyl adjacent to an activating group) is 1. The van der Waals surface area contributed by atoms with E-state index in [4.69, 9.17) is 16.6 Å². The molecule has 3 aromatic heterocycles. The molecule has 0 bridgehead atoms. The molecule has 1 N–H and O–H groups in total. The van der Waals surface area contributed by atoms with Gasteiger partial charge in [-0.25, -0.2) is 15.0 Å². The van der Waals surface area contributed by atoms with Gasteiger partial charge in [0.1, 0.15) is 12.0 Å². The minimum absolute atomic E-state index is 0.158. The molecule has 6 rings (SSSR count). The number of aromatic nitrogens is 5. The summed E-state index contributed by atoms with van der Waals surface area (Å²) in [5.74, 6) is 0.432. The number of benzene rings is 2. The van der Waals surface area contributed by atoms with Gasteiger partial charge in [0, 0.05) is 89.8 Å². The number of halogens is 1. The zero-order valence-corrected chi connectivity index (χ0v) is 23.1. The number of piperazine rings is 1. The van der Waals surface area contributed by atoms with Crippen molar-refractivity contribution in [2.75, 3.05) is 43.4 Å². The second-order valence-corrected chi connectivity index (χ2v) is 10.3. The molecule has 1 fully saturated rings. The topological polar surface area (TPSA) is 92.1 Å². The molecule has 0 aliphatic carbocycles. The van der Waals surface area contributed by atoms with Gasteiger partial charge in [-0.1, -0.05) is 23.7 Å². The summed E-state index contributed by atoms with van der Waals surface area (Å²) >= 11 is 6.68. The van der Waals surface area contributed by atoms with E-state index in [9.17, 15) is 4.79 Å². The number of fused-ring (bicyclic) bond motifs is 1. The van der Waals surface area contributed by atoms with Crippen LogP contribution in [0.2, 0.25) is 5.02 Å². The van der Waals surface area contributed by atoms with Gasteiger partial charge in [-0.05, 0) is 55.9 Å². The van der Waals surface area contributed by atoms with Crippen LogP contribution in [0.15, 0.2) is 78.2 Å². The predicted molar refractivity (Wildman–Crippen MR) is 160 cm³/mol. The molecule has 2 aromatic carbocycles. The van der Waals surface area contributed by atoms with E-state index in [1.165, 1.54) is 12.0 Å². The van der Waals surface area contributed by atoms with Crippen LogP contribution in [0.3, 0.4) is 0 Å². The number of rotatable bonds is 6. The van der Waals surface area contributed by atoms with Crippen LogP contribution < -0.4 is 15.8 Å². The maximum absolute atomic E-state index is 13.6. The molecule has 0 amide bonds. The summed E-state index contributed by atoms with van der Waals surface area (Å²) in [6.45, 7) is 6.54. The summed E-state index contributed by atoms with van der Waals surface area (Å²) in [4.78, 5) is 35.7. The highest BCUT2D eigenvalue weighted by atomic mass is 35.5. The zero-order valence-electron chi connectivity index (χ0n) is 22.4. The van der Waals surface area contributed by atoms with Crippen LogP contribution in [-0.4, -0.2) is 62.6 Å². The summed E-state index contributed by atoms with van der Waals surface area (Å²) in [7, 11) is 2.15. The van der Waals surface area contributed by atoms with E-state index in [1.54, 1.807) is 23.2 Å². The van der Waals surface area contributed by atoms with Gasteiger partial charge in [0.2, 0.25) is 5.95 Å². The Balaban J connectivity index is 1.28. The normalized spacial score (nSPS) is 14.0. The molecule has 0 radical (unpaired) electrons. The second kappa shape index (κ2) is 11.0. The van der Waals surface area contributed by atoms with E-state index >= 15 is 0 Å². The first-order chi connectivity index (χ1) is 19.5. The Morgan fingerprint density at radius 2 is 1.65 bits per heavy atom. The Bertz CT molecular complexity index is 1710. The summed E-state index contributed by atoms with van der Waals surface area (Å²) in [5.41, 5.74) is 5.37. The van der Waals surface area contributed by atoms with E-state index in [-0.39, 0.29) is 5.56 Å². The van der Waals surface area contributed by atoms with Crippen LogP contribution in [0.4, 0.5) is 17.3 Å². The van der Waals surface area contributed by atoms with E-state index in [0.717, 1.165) is 48.4 Å². The van der Waals surface area contributed by atoms with Gasteiger partial charge in [0.15, 0.2) is 0 Å². The van der Waals surface area contributed by atoms with Gasteiger partial charge in [-0.15, -0.1) is 0 Å². The summed E-state index contributed by atoms with van der Waals surface area (Å²) in [6.07, 6.45) is 6.67. The molecule has 40 heavy (non-hydrogen) atoms. The zero-order chi connectivity index (χ0) is 27.6. The van der Waals surface area contributed by atoms with Crippen LogP contribution in [0.25, 0.3) is 33.3 Å². The number of anilines is 3. The molecule has 9 nitrogen and oxygen atoms in total. The minimum atomic E-state index is -0.158. The highest BCUT2D eigenvalue weighted by Gasteiger charge is 2.17. The summed E-state index contributed by atoms with van der Waals surface area (Å²) in [6, 6.07) is 15.7. The molecule has 0 spiro atoms. The fourth-order valence-corrected chi connectivity index (χ4v) is 5.30. The van der Waals surface area contributed by atoms with Crippen LogP contribution in [0.1, 0.15) is 6.92 Å². The monoisotopic (exact) mass is 552 g/mol. The largest absolute Gasteiger partial charge is 0.369 e. The highest BCUT2D eigenvalue weighted by molar-refractivity contribution is 6.33. The fraction of sp³-hybridized carbons (Fsp3) is 0.233. The molecule has 1 aliphatic rings. The lowest BCUT2D eigenvalue weighted by molar-refractivity contribution is 0.313. The fourth-order valence-electron chi connectivity index (χ4n) is 5.02. The molecule has 1 saturated heterocycles. The van der Waals surface area contributed by atoms with Crippen molar-refractivity contribution < 1.29 is 0 Å². The van der Waals surface area contributed by atoms with E-state index in [2.05, 4.69) is 49.2 Å². The van der Waals surface area contributed by atoms with Crippen molar-refractivity contribution >= 4 is 40.0 Å². The van der Waals surface area contributed by atoms with Crippen molar-refractivity contribution in [1.82, 2.24) is 29.4 Å². The smallest absolute Gasteiger partial charge is 0.260 e. The maximum atomic E-state index is 13.6. The molecular formula is C30H29ClN8O. The first-order valence-electron chi connectivity index (χ1n) is 13.3. The lowest BCUT2D eigenvalue weighted by atomic mass is 10.0. The predicted octanol–water partition coefficient (Wildman–Crippen LogP) is 5.08. The van der Waals surface area contributed by atoms with Gasteiger partial charge in [-0.2, -0.15) is 4.98 Å². The van der Waals surface area contributed by atoms with Gasteiger partial charge in [-0.3, -0.25) is 9.36 Å². The number of hydrogen-bond acceptors (Lipinski definition) is 8. The molecule has 5 aromatic rings. The third-order valence-electron chi connectivity index (χ3n) is 7.29. The van der Waals surface area contributed by atoms with Crippen molar-refractivity contribution in [3.8, 4) is 22.3 Å². The maximum Gasteiger partial charge on any atom is 0.260 e. The quantitative estimate of drug-likeness (QED) is 0.312. The number of aryl methyl sites for hydroxylation is 1. The van der Waals surface area contributed by atoms with E-state index in [1.807, 2.05) is 43.3 Å². The van der Waals surface area contributed by atoms with Crippen LogP contribution >= 0.6 is 11.6 Å². The molecule has 4 heterocycles. The number of hydrogen-bond donors (Lipinski definition) is 1. The Morgan fingerprint density at radius 3 is 2.35 bits per heavy atom. The van der Waals surface area contributed by atoms with Crippen LogP contribution in [-0.2, 0) is 6.54 Å².